The summed E-state index contributed by atoms with van der Waals surface area (Å²) in [5, 5.41) is 0. The number of nitrogens with two attached hydrogens (primary N) is 1. The van der Waals surface area contributed by atoms with E-state index in [1.165, 1.54) is 18.6 Å². The standard InChI is InChI=1S/C13H17F3N2/c14-13(15,16)10-4-6-12(7-5-10)18(9-8-17)11-2-1-3-11/h4-7,11H,1-3,8-9,17H2. The van der Waals surface area contributed by atoms with Crippen molar-refractivity contribution < 1.29 is 13.2 Å². The fraction of sp³-hybridized carbons (Fsp3) is 0.538. The average Bonchev–Trinajstić information content (AvgIpc) is 2.25. The molecular formula is C13H17F3N2. The number of alkyl halides is 3. The van der Waals surface area contributed by atoms with Gasteiger partial charge in [0.1, 0.15) is 0 Å². The van der Waals surface area contributed by atoms with Crippen molar-refractivity contribution in [3.05, 3.63) is 29.8 Å². The third kappa shape index (κ3) is 2.77. The van der Waals surface area contributed by atoms with E-state index in [1.807, 2.05) is 0 Å². The highest BCUT2D eigenvalue weighted by atomic mass is 19.4. The number of hydrogen-bond donors (Lipinski definition) is 1. The van der Waals surface area contributed by atoms with Crippen molar-refractivity contribution >= 4 is 5.69 Å². The first kappa shape index (κ1) is 13.2. The molecule has 1 aliphatic rings. The van der Waals surface area contributed by atoms with Gasteiger partial charge in [-0.25, -0.2) is 0 Å². The van der Waals surface area contributed by atoms with Gasteiger partial charge in [-0.1, -0.05) is 0 Å². The molecule has 100 valence electrons. The second-order valence-electron chi connectivity index (χ2n) is 4.61. The molecule has 0 atom stereocenters. The minimum Gasteiger partial charge on any atom is -0.367 e. The second-order valence-corrected chi connectivity index (χ2v) is 4.61. The Morgan fingerprint density at radius 3 is 2.17 bits per heavy atom. The zero-order chi connectivity index (χ0) is 13.2. The molecule has 1 fully saturated rings. The van der Waals surface area contributed by atoms with Crippen LogP contribution in [0.5, 0.6) is 0 Å². The maximum absolute atomic E-state index is 12.5. The number of anilines is 1. The number of halogens is 3. The van der Waals surface area contributed by atoms with Gasteiger partial charge in [0.15, 0.2) is 0 Å². The first-order valence-corrected chi connectivity index (χ1v) is 6.16. The predicted molar refractivity (Wildman–Crippen MR) is 65.5 cm³/mol. The Kier molecular flexibility index (Phi) is 3.80. The van der Waals surface area contributed by atoms with Gasteiger partial charge >= 0.3 is 6.18 Å². The lowest BCUT2D eigenvalue weighted by molar-refractivity contribution is -0.137. The molecule has 1 aromatic rings. The summed E-state index contributed by atoms with van der Waals surface area (Å²) < 4.78 is 37.4. The molecule has 0 spiro atoms. The van der Waals surface area contributed by atoms with Gasteiger partial charge in [-0.15, -0.1) is 0 Å². The van der Waals surface area contributed by atoms with Gasteiger partial charge in [-0.05, 0) is 43.5 Å². The molecule has 1 saturated carbocycles. The van der Waals surface area contributed by atoms with Crippen LogP contribution in [0.15, 0.2) is 24.3 Å². The van der Waals surface area contributed by atoms with Crippen LogP contribution >= 0.6 is 0 Å². The van der Waals surface area contributed by atoms with E-state index in [9.17, 15) is 13.2 Å². The van der Waals surface area contributed by atoms with E-state index in [1.54, 1.807) is 0 Å². The number of rotatable bonds is 4. The van der Waals surface area contributed by atoms with E-state index in [0.29, 0.717) is 19.1 Å². The first-order chi connectivity index (χ1) is 8.52. The Morgan fingerprint density at radius 1 is 1.17 bits per heavy atom. The van der Waals surface area contributed by atoms with E-state index < -0.39 is 11.7 Å². The quantitative estimate of drug-likeness (QED) is 0.899. The third-order valence-corrected chi connectivity index (χ3v) is 3.41. The molecule has 18 heavy (non-hydrogen) atoms. The molecular weight excluding hydrogens is 241 g/mol. The minimum absolute atomic E-state index is 0.435. The van der Waals surface area contributed by atoms with E-state index in [4.69, 9.17) is 5.73 Å². The molecule has 0 radical (unpaired) electrons. The van der Waals surface area contributed by atoms with Crippen LogP contribution in [-0.4, -0.2) is 19.1 Å². The fourth-order valence-electron chi connectivity index (χ4n) is 2.20. The van der Waals surface area contributed by atoms with Gasteiger partial charge in [0.25, 0.3) is 0 Å². The van der Waals surface area contributed by atoms with Gasteiger partial charge in [0.05, 0.1) is 5.56 Å². The van der Waals surface area contributed by atoms with Crippen molar-refractivity contribution in [1.82, 2.24) is 0 Å². The van der Waals surface area contributed by atoms with E-state index in [2.05, 4.69) is 4.90 Å². The average molecular weight is 258 g/mol. The van der Waals surface area contributed by atoms with Crippen molar-refractivity contribution in [3.8, 4) is 0 Å². The summed E-state index contributed by atoms with van der Waals surface area (Å²) >= 11 is 0. The largest absolute Gasteiger partial charge is 0.416 e. The molecule has 2 N–H and O–H groups in total. The van der Waals surface area contributed by atoms with Crippen LogP contribution in [0.1, 0.15) is 24.8 Å². The number of hydrogen-bond acceptors (Lipinski definition) is 2. The summed E-state index contributed by atoms with van der Waals surface area (Å²) in [4.78, 5) is 2.11. The molecule has 0 aliphatic heterocycles. The molecule has 2 rings (SSSR count). The molecule has 1 aromatic carbocycles. The SMILES string of the molecule is NCCN(c1ccc(C(F)(F)F)cc1)C1CCC1. The highest BCUT2D eigenvalue weighted by molar-refractivity contribution is 5.49. The highest BCUT2D eigenvalue weighted by Gasteiger charge is 2.31. The van der Waals surface area contributed by atoms with E-state index in [-0.39, 0.29) is 0 Å². The third-order valence-electron chi connectivity index (χ3n) is 3.41. The lowest BCUT2D eigenvalue weighted by Gasteiger charge is -2.39. The minimum atomic E-state index is -4.27. The normalized spacial score (nSPS) is 16.4. The molecule has 2 nitrogen and oxygen atoms in total. The first-order valence-electron chi connectivity index (χ1n) is 6.16. The van der Waals surface area contributed by atoms with Crippen molar-refractivity contribution in [3.63, 3.8) is 0 Å². The molecule has 0 amide bonds. The topological polar surface area (TPSA) is 29.3 Å². The molecule has 0 aromatic heterocycles. The fourth-order valence-corrected chi connectivity index (χ4v) is 2.20. The van der Waals surface area contributed by atoms with Crippen molar-refractivity contribution in [2.45, 2.75) is 31.5 Å². The predicted octanol–water partition coefficient (Wildman–Crippen LogP) is 3.02. The zero-order valence-electron chi connectivity index (χ0n) is 10.1. The Hall–Kier alpha value is -1.23. The summed E-state index contributed by atoms with van der Waals surface area (Å²) in [6.07, 6.45) is -0.887. The lowest BCUT2D eigenvalue weighted by atomic mass is 9.91. The van der Waals surface area contributed by atoms with Gasteiger partial charge in [-0.3, -0.25) is 0 Å². The monoisotopic (exact) mass is 258 g/mol. The van der Waals surface area contributed by atoms with Crippen LogP contribution in [0.25, 0.3) is 0 Å². The highest BCUT2D eigenvalue weighted by Crippen LogP contribution is 2.33. The van der Waals surface area contributed by atoms with Crippen LogP contribution in [0.4, 0.5) is 18.9 Å². The van der Waals surface area contributed by atoms with Crippen LogP contribution in [-0.2, 0) is 6.18 Å². The molecule has 1 aliphatic carbocycles. The lowest BCUT2D eigenvalue weighted by Crippen LogP contribution is -2.43. The smallest absolute Gasteiger partial charge is 0.367 e. The Balaban J connectivity index is 2.15. The Labute approximate surface area is 105 Å². The maximum Gasteiger partial charge on any atom is 0.416 e. The van der Waals surface area contributed by atoms with Gasteiger partial charge in [-0.2, -0.15) is 13.2 Å². The molecule has 0 unspecified atom stereocenters. The van der Waals surface area contributed by atoms with Crippen molar-refractivity contribution in [2.75, 3.05) is 18.0 Å². The van der Waals surface area contributed by atoms with Gasteiger partial charge in [0, 0.05) is 24.8 Å². The second kappa shape index (κ2) is 5.18. The van der Waals surface area contributed by atoms with Crippen LogP contribution in [0, 0.1) is 0 Å². The molecule has 5 heteroatoms. The van der Waals surface area contributed by atoms with E-state index >= 15 is 0 Å². The number of benzene rings is 1. The summed E-state index contributed by atoms with van der Waals surface area (Å²) in [7, 11) is 0. The molecule has 0 bridgehead atoms. The Bertz CT molecular complexity index is 382. The Morgan fingerprint density at radius 2 is 1.78 bits per heavy atom. The van der Waals surface area contributed by atoms with Gasteiger partial charge in [0.2, 0.25) is 0 Å². The van der Waals surface area contributed by atoms with Crippen LogP contribution in [0.2, 0.25) is 0 Å². The summed E-state index contributed by atoms with van der Waals surface area (Å²) in [5.74, 6) is 0. The zero-order valence-corrected chi connectivity index (χ0v) is 10.1. The van der Waals surface area contributed by atoms with Crippen molar-refractivity contribution in [1.29, 1.82) is 0 Å². The van der Waals surface area contributed by atoms with E-state index in [0.717, 1.165) is 30.7 Å². The van der Waals surface area contributed by atoms with Crippen LogP contribution in [0.3, 0.4) is 0 Å². The summed E-state index contributed by atoms with van der Waals surface area (Å²) in [6, 6.07) is 5.79. The summed E-state index contributed by atoms with van der Waals surface area (Å²) in [5.41, 5.74) is 5.79. The summed E-state index contributed by atoms with van der Waals surface area (Å²) in [6.45, 7) is 1.20. The van der Waals surface area contributed by atoms with Gasteiger partial charge < -0.3 is 10.6 Å². The maximum atomic E-state index is 12.5. The van der Waals surface area contributed by atoms with Crippen molar-refractivity contribution in [2.24, 2.45) is 5.73 Å². The molecule has 0 heterocycles. The molecule has 0 saturated heterocycles. The number of nitrogens with zero attached hydrogens (tertiary/aromatic N) is 1. The van der Waals surface area contributed by atoms with Crippen LogP contribution < -0.4 is 10.6 Å².